The Labute approximate surface area is 195 Å². The van der Waals surface area contributed by atoms with Gasteiger partial charge in [0.1, 0.15) is 11.7 Å². The zero-order chi connectivity index (χ0) is 25.3. The van der Waals surface area contributed by atoms with Crippen LogP contribution in [0, 0.1) is 5.82 Å². The Morgan fingerprint density at radius 3 is 2.38 bits per heavy atom. The number of carbonyl (C=O) groups excluding carboxylic acids is 1. The van der Waals surface area contributed by atoms with Crippen molar-refractivity contribution in [1.82, 2.24) is 4.90 Å². The Bertz CT molecular complexity index is 1130. The summed E-state index contributed by atoms with van der Waals surface area (Å²) in [6.45, 7) is 0.145. The first-order chi connectivity index (χ1) is 15.8. The molecule has 2 unspecified atom stereocenters. The zero-order valence-electron chi connectivity index (χ0n) is 17.2. The fourth-order valence-corrected chi connectivity index (χ4v) is 3.67. The van der Waals surface area contributed by atoms with Crippen molar-refractivity contribution in [1.29, 1.82) is 0 Å². The summed E-state index contributed by atoms with van der Waals surface area (Å²) in [6.07, 6.45) is -6.37. The van der Waals surface area contributed by atoms with E-state index in [1.807, 2.05) is 0 Å². The summed E-state index contributed by atoms with van der Waals surface area (Å²) in [5.74, 6) is -3.58. The SMILES string of the molecule is NC1=NC2(CCN(C(=O)c3ccc(Cl)cc3)CC2F)Nc2cccc(F)c21.O=C(O)C(F)(F)F. The van der Waals surface area contributed by atoms with Crippen molar-refractivity contribution in [3.05, 3.63) is 64.4 Å². The third kappa shape index (κ3) is 5.22. The molecule has 1 amide bonds. The minimum absolute atomic E-state index is 0.0398. The van der Waals surface area contributed by atoms with Gasteiger partial charge in [-0.2, -0.15) is 13.2 Å². The molecule has 34 heavy (non-hydrogen) atoms. The van der Waals surface area contributed by atoms with Gasteiger partial charge in [0.2, 0.25) is 0 Å². The van der Waals surface area contributed by atoms with E-state index in [1.165, 1.54) is 17.0 Å². The number of carboxylic acid groups (broad SMARTS) is 1. The van der Waals surface area contributed by atoms with Crippen LogP contribution in [0.15, 0.2) is 47.5 Å². The smallest absolute Gasteiger partial charge is 0.475 e. The van der Waals surface area contributed by atoms with Crippen LogP contribution in [-0.4, -0.2) is 58.8 Å². The molecule has 2 aromatic carbocycles. The lowest BCUT2D eigenvalue weighted by molar-refractivity contribution is -0.192. The molecule has 4 rings (SSSR count). The molecule has 2 aliphatic rings. The van der Waals surface area contributed by atoms with E-state index in [-0.39, 0.29) is 36.8 Å². The highest BCUT2D eigenvalue weighted by atomic mass is 35.5. The van der Waals surface area contributed by atoms with Crippen LogP contribution in [0.5, 0.6) is 0 Å². The van der Waals surface area contributed by atoms with Crippen molar-refractivity contribution >= 4 is 35.0 Å². The van der Waals surface area contributed by atoms with Gasteiger partial charge in [-0.25, -0.2) is 18.6 Å². The Balaban J connectivity index is 0.000000406. The van der Waals surface area contributed by atoms with Crippen LogP contribution >= 0.6 is 11.6 Å². The van der Waals surface area contributed by atoms with Gasteiger partial charge in [-0.3, -0.25) is 4.79 Å². The number of amidine groups is 1. The van der Waals surface area contributed by atoms with Gasteiger partial charge < -0.3 is 21.1 Å². The Kier molecular flexibility index (Phi) is 7.01. The number of benzene rings is 2. The van der Waals surface area contributed by atoms with E-state index in [1.54, 1.807) is 30.3 Å². The maximum Gasteiger partial charge on any atom is 0.490 e. The number of halogens is 6. The van der Waals surface area contributed by atoms with Gasteiger partial charge in [0.25, 0.3) is 5.91 Å². The van der Waals surface area contributed by atoms with Crippen molar-refractivity contribution in [2.24, 2.45) is 10.7 Å². The predicted molar refractivity (Wildman–Crippen MR) is 114 cm³/mol. The minimum atomic E-state index is -5.08. The molecule has 0 radical (unpaired) electrons. The molecular formula is C21H18ClF5N4O3. The van der Waals surface area contributed by atoms with Crippen molar-refractivity contribution in [2.45, 2.75) is 24.4 Å². The summed E-state index contributed by atoms with van der Waals surface area (Å²) < 4.78 is 60.9. The van der Waals surface area contributed by atoms with E-state index in [2.05, 4.69) is 10.3 Å². The molecule has 0 aliphatic carbocycles. The number of alkyl halides is 4. The molecule has 0 bridgehead atoms. The molecule has 0 aromatic heterocycles. The van der Waals surface area contributed by atoms with Gasteiger partial charge in [0.05, 0.1) is 12.1 Å². The van der Waals surface area contributed by atoms with E-state index >= 15 is 4.39 Å². The molecule has 13 heteroatoms. The second-order valence-corrected chi connectivity index (χ2v) is 7.92. The summed E-state index contributed by atoms with van der Waals surface area (Å²) in [7, 11) is 0. The summed E-state index contributed by atoms with van der Waals surface area (Å²) >= 11 is 5.84. The first-order valence-corrected chi connectivity index (χ1v) is 10.1. The minimum Gasteiger partial charge on any atom is -0.475 e. The second-order valence-electron chi connectivity index (χ2n) is 7.49. The Morgan fingerprint density at radius 1 is 1.21 bits per heavy atom. The van der Waals surface area contributed by atoms with Gasteiger partial charge in [0, 0.05) is 29.2 Å². The normalized spacial score (nSPS) is 21.5. The topological polar surface area (TPSA) is 108 Å². The number of carboxylic acids is 1. The van der Waals surface area contributed by atoms with Crippen LogP contribution in [0.3, 0.4) is 0 Å². The van der Waals surface area contributed by atoms with Gasteiger partial charge in [-0.05, 0) is 36.4 Å². The lowest BCUT2D eigenvalue weighted by atomic mass is 9.91. The number of aliphatic imine (C=N–C) groups is 1. The monoisotopic (exact) mass is 504 g/mol. The maximum atomic E-state index is 15.1. The van der Waals surface area contributed by atoms with Crippen LogP contribution in [-0.2, 0) is 4.79 Å². The molecule has 7 nitrogen and oxygen atoms in total. The van der Waals surface area contributed by atoms with Crippen molar-refractivity contribution in [2.75, 3.05) is 18.4 Å². The number of hydrogen-bond acceptors (Lipinski definition) is 5. The van der Waals surface area contributed by atoms with E-state index in [0.717, 1.165) is 0 Å². The molecule has 0 saturated carbocycles. The van der Waals surface area contributed by atoms with Gasteiger partial charge in [-0.1, -0.05) is 17.7 Å². The third-order valence-corrected chi connectivity index (χ3v) is 5.48. The number of carbonyl (C=O) groups is 2. The predicted octanol–water partition coefficient (Wildman–Crippen LogP) is 3.82. The number of rotatable bonds is 1. The van der Waals surface area contributed by atoms with E-state index in [0.29, 0.717) is 16.3 Å². The van der Waals surface area contributed by atoms with Gasteiger partial charge >= 0.3 is 12.1 Å². The molecule has 2 atom stereocenters. The highest BCUT2D eigenvalue weighted by Crippen LogP contribution is 2.36. The largest absolute Gasteiger partial charge is 0.490 e. The average Bonchev–Trinajstić information content (AvgIpc) is 2.75. The molecule has 1 saturated heterocycles. The standard InChI is InChI=1S/C19H17ClF2N4O.C2HF3O2/c20-12-6-4-11(5-7-12)18(27)26-9-8-19(15(22)10-26)24-14-3-1-2-13(21)16(14)17(23)25-19;3-2(4,5)1(6)7/h1-7,15,24H,8-10H2,(H2,23,25);(H,6,7). The number of fused-ring (bicyclic) bond motifs is 1. The van der Waals surface area contributed by atoms with E-state index in [9.17, 15) is 22.4 Å². The molecule has 1 fully saturated rings. The number of hydrogen-bond donors (Lipinski definition) is 3. The summed E-state index contributed by atoms with van der Waals surface area (Å²) in [5.41, 5.74) is 5.61. The van der Waals surface area contributed by atoms with Crippen molar-refractivity contribution in [3.8, 4) is 0 Å². The van der Waals surface area contributed by atoms with Crippen LogP contribution < -0.4 is 11.1 Å². The summed E-state index contributed by atoms with van der Waals surface area (Å²) in [5, 5.41) is 10.6. The Hall–Kier alpha value is -3.41. The number of nitrogens with zero attached hydrogens (tertiary/aromatic N) is 2. The van der Waals surface area contributed by atoms with Crippen molar-refractivity contribution in [3.63, 3.8) is 0 Å². The number of aliphatic carboxylic acids is 1. The maximum absolute atomic E-state index is 15.1. The Morgan fingerprint density at radius 2 is 1.82 bits per heavy atom. The quantitative estimate of drug-likeness (QED) is 0.512. The average molecular weight is 505 g/mol. The van der Waals surface area contributed by atoms with Crippen LogP contribution in [0.2, 0.25) is 5.02 Å². The molecular weight excluding hydrogens is 487 g/mol. The number of amides is 1. The summed E-state index contributed by atoms with van der Waals surface area (Å²) in [6, 6.07) is 10.9. The molecule has 2 heterocycles. The number of piperidine rings is 1. The first kappa shape index (κ1) is 25.2. The first-order valence-electron chi connectivity index (χ1n) is 9.75. The fourth-order valence-electron chi connectivity index (χ4n) is 3.54. The fraction of sp³-hybridized carbons (Fsp3) is 0.286. The van der Waals surface area contributed by atoms with Crippen LogP contribution in [0.25, 0.3) is 0 Å². The number of nitrogens with one attached hydrogen (secondary N) is 1. The highest BCUT2D eigenvalue weighted by molar-refractivity contribution is 6.30. The third-order valence-electron chi connectivity index (χ3n) is 5.22. The molecule has 182 valence electrons. The van der Waals surface area contributed by atoms with Crippen molar-refractivity contribution < 1.29 is 36.6 Å². The van der Waals surface area contributed by atoms with Gasteiger partial charge in [0.15, 0.2) is 11.8 Å². The molecule has 2 aromatic rings. The van der Waals surface area contributed by atoms with E-state index < -0.39 is 29.8 Å². The lowest BCUT2D eigenvalue weighted by Crippen LogP contribution is -2.59. The zero-order valence-corrected chi connectivity index (χ0v) is 18.0. The molecule has 1 spiro atoms. The molecule has 2 aliphatic heterocycles. The second kappa shape index (κ2) is 9.45. The van der Waals surface area contributed by atoms with E-state index in [4.69, 9.17) is 27.2 Å². The number of likely N-dealkylation sites (tertiary alicyclic amines) is 1. The van der Waals surface area contributed by atoms with Crippen LogP contribution in [0.1, 0.15) is 22.3 Å². The molecule has 4 N–H and O–H groups in total. The van der Waals surface area contributed by atoms with Gasteiger partial charge in [-0.15, -0.1) is 0 Å². The summed E-state index contributed by atoms with van der Waals surface area (Å²) in [4.78, 5) is 27.2. The highest BCUT2D eigenvalue weighted by Gasteiger charge is 2.47. The van der Waals surface area contributed by atoms with Crippen LogP contribution in [0.4, 0.5) is 27.6 Å². The number of anilines is 1. The lowest BCUT2D eigenvalue weighted by Gasteiger charge is -2.44. The number of nitrogens with two attached hydrogens (primary N) is 1.